The van der Waals surface area contributed by atoms with Gasteiger partial charge in [0.25, 0.3) is 0 Å². The van der Waals surface area contributed by atoms with Crippen molar-refractivity contribution in [3.8, 4) is 0 Å². The van der Waals surface area contributed by atoms with Crippen LogP contribution in [0.15, 0.2) is 24.3 Å². The summed E-state index contributed by atoms with van der Waals surface area (Å²) in [5.41, 5.74) is 2.43. The van der Waals surface area contributed by atoms with Crippen LogP contribution in [-0.2, 0) is 11.2 Å². The fourth-order valence-electron chi connectivity index (χ4n) is 1.93. The normalized spacial score (nSPS) is 13.5. The van der Waals surface area contributed by atoms with E-state index in [4.69, 9.17) is 4.74 Å². The van der Waals surface area contributed by atoms with Gasteiger partial charge in [0.2, 0.25) is 0 Å². The minimum Gasteiger partial charge on any atom is -0.360 e. The fourth-order valence-corrected chi connectivity index (χ4v) is 1.93. The number of aryl methyl sites for hydroxylation is 1. The van der Waals surface area contributed by atoms with Crippen molar-refractivity contribution in [3.05, 3.63) is 29.8 Å². The van der Waals surface area contributed by atoms with Crippen LogP contribution in [0.3, 0.4) is 0 Å². The Labute approximate surface area is 105 Å². The van der Waals surface area contributed by atoms with Gasteiger partial charge in [-0.1, -0.05) is 31.5 Å². The molecule has 2 nitrogen and oxygen atoms in total. The van der Waals surface area contributed by atoms with E-state index in [2.05, 4.69) is 57.3 Å². The molecule has 1 atom stereocenters. The van der Waals surface area contributed by atoms with Gasteiger partial charge in [-0.2, -0.15) is 0 Å². The summed E-state index contributed by atoms with van der Waals surface area (Å²) in [6.45, 7) is 10.5. The Morgan fingerprint density at radius 3 is 2.47 bits per heavy atom. The molecule has 0 aliphatic heterocycles. The molecular formula is C15H25NO. The van der Waals surface area contributed by atoms with E-state index in [0.717, 1.165) is 12.8 Å². The van der Waals surface area contributed by atoms with Gasteiger partial charge in [0, 0.05) is 5.69 Å². The van der Waals surface area contributed by atoms with E-state index in [1.807, 2.05) is 6.92 Å². The molecular weight excluding hydrogens is 210 g/mol. The molecule has 0 bridgehead atoms. The highest BCUT2D eigenvalue weighted by atomic mass is 16.5. The fraction of sp³-hybridized carbons (Fsp3) is 0.600. The van der Waals surface area contributed by atoms with E-state index >= 15 is 0 Å². The molecule has 2 heteroatoms. The van der Waals surface area contributed by atoms with Crippen LogP contribution in [-0.4, -0.2) is 11.8 Å². The standard InChI is InChI=1S/C15H25NO/c1-6-9-13-10-7-8-11-14(13)16-12(2)17-15(3,4)5/h7-8,10-12,16H,6,9H2,1-5H3. The topological polar surface area (TPSA) is 21.3 Å². The zero-order chi connectivity index (χ0) is 12.9. The third-order valence-corrected chi connectivity index (χ3v) is 2.43. The third-order valence-electron chi connectivity index (χ3n) is 2.43. The summed E-state index contributed by atoms with van der Waals surface area (Å²) in [4.78, 5) is 0. The molecule has 0 aliphatic rings. The Bertz CT molecular complexity index is 341. The summed E-state index contributed by atoms with van der Waals surface area (Å²) in [7, 11) is 0. The highest BCUT2D eigenvalue weighted by Gasteiger charge is 2.15. The van der Waals surface area contributed by atoms with Gasteiger partial charge < -0.3 is 10.1 Å². The molecule has 1 rings (SSSR count). The van der Waals surface area contributed by atoms with Crippen LogP contribution in [0.2, 0.25) is 0 Å². The second-order valence-electron chi connectivity index (χ2n) is 5.42. The predicted octanol–water partition coefficient (Wildman–Crippen LogP) is 4.21. The van der Waals surface area contributed by atoms with E-state index in [9.17, 15) is 0 Å². The average Bonchev–Trinajstić information content (AvgIpc) is 2.18. The van der Waals surface area contributed by atoms with Crippen LogP contribution in [0, 0.1) is 0 Å². The number of nitrogens with one attached hydrogen (secondary N) is 1. The highest BCUT2D eigenvalue weighted by Crippen LogP contribution is 2.19. The van der Waals surface area contributed by atoms with Crippen molar-refractivity contribution in [2.24, 2.45) is 0 Å². The summed E-state index contributed by atoms with van der Waals surface area (Å²) in [5, 5.41) is 3.43. The van der Waals surface area contributed by atoms with Crippen molar-refractivity contribution in [2.45, 2.75) is 59.3 Å². The first-order chi connectivity index (χ1) is 7.92. The van der Waals surface area contributed by atoms with Crippen LogP contribution in [0.25, 0.3) is 0 Å². The molecule has 0 spiro atoms. The smallest absolute Gasteiger partial charge is 0.125 e. The SMILES string of the molecule is CCCc1ccccc1NC(C)OC(C)(C)C. The molecule has 0 radical (unpaired) electrons. The molecule has 0 amide bonds. The number of ether oxygens (including phenoxy) is 1. The van der Waals surface area contributed by atoms with Crippen LogP contribution < -0.4 is 5.32 Å². The highest BCUT2D eigenvalue weighted by molar-refractivity contribution is 5.51. The number of rotatable bonds is 5. The van der Waals surface area contributed by atoms with Crippen molar-refractivity contribution < 1.29 is 4.74 Å². The van der Waals surface area contributed by atoms with Crippen LogP contribution in [0.5, 0.6) is 0 Å². The average molecular weight is 235 g/mol. The summed E-state index contributed by atoms with van der Waals surface area (Å²) < 4.78 is 5.86. The van der Waals surface area contributed by atoms with Gasteiger partial charge in [0.15, 0.2) is 0 Å². The lowest BCUT2D eigenvalue weighted by Gasteiger charge is -2.27. The van der Waals surface area contributed by atoms with Crippen molar-refractivity contribution in [1.82, 2.24) is 0 Å². The van der Waals surface area contributed by atoms with E-state index in [-0.39, 0.29) is 11.8 Å². The Balaban J connectivity index is 2.67. The molecule has 0 saturated carbocycles. The molecule has 0 heterocycles. The second-order valence-corrected chi connectivity index (χ2v) is 5.42. The molecule has 1 unspecified atom stereocenters. The maximum absolute atomic E-state index is 5.86. The van der Waals surface area contributed by atoms with Crippen LogP contribution >= 0.6 is 0 Å². The lowest BCUT2D eigenvalue weighted by molar-refractivity contribution is -0.0383. The Morgan fingerprint density at radius 2 is 1.88 bits per heavy atom. The molecule has 0 saturated heterocycles. The van der Waals surface area contributed by atoms with Crippen LogP contribution in [0.4, 0.5) is 5.69 Å². The molecule has 1 aromatic rings. The van der Waals surface area contributed by atoms with Gasteiger partial charge in [0.05, 0.1) is 5.60 Å². The minimum atomic E-state index is -0.119. The largest absolute Gasteiger partial charge is 0.360 e. The summed E-state index contributed by atoms with van der Waals surface area (Å²) >= 11 is 0. The van der Waals surface area contributed by atoms with E-state index in [1.54, 1.807) is 0 Å². The zero-order valence-electron chi connectivity index (χ0n) is 11.7. The number of hydrogen-bond donors (Lipinski definition) is 1. The van der Waals surface area contributed by atoms with E-state index in [0.29, 0.717) is 0 Å². The quantitative estimate of drug-likeness (QED) is 0.772. The number of benzene rings is 1. The maximum Gasteiger partial charge on any atom is 0.125 e. The molecule has 1 aromatic carbocycles. The lowest BCUT2D eigenvalue weighted by Crippen LogP contribution is -2.30. The molecule has 0 aromatic heterocycles. The molecule has 96 valence electrons. The first kappa shape index (κ1) is 14.0. The molecule has 0 aliphatic carbocycles. The van der Waals surface area contributed by atoms with Crippen molar-refractivity contribution >= 4 is 5.69 Å². The van der Waals surface area contributed by atoms with Crippen molar-refractivity contribution in [3.63, 3.8) is 0 Å². The summed E-state index contributed by atoms with van der Waals surface area (Å²) in [6.07, 6.45) is 2.28. The predicted molar refractivity (Wildman–Crippen MR) is 74.4 cm³/mol. The van der Waals surface area contributed by atoms with Gasteiger partial charge in [-0.25, -0.2) is 0 Å². The van der Waals surface area contributed by atoms with Gasteiger partial charge in [-0.15, -0.1) is 0 Å². The molecule has 17 heavy (non-hydrogen) atoms. The number of para-hydroxylation sites is 1. The Hall–Kier alpha value is -1.02. The van der Waals surface area contributed by atoms with Gasteiger partial charge >= 0.3 is 0 Å². The first-order valence-electron chi connectivity index (χ1n) is 6.44. The second kappa shape index (κ2) is 6.06. The molecule has 0 fully saturated rings. The van der Waals surface area contributed by atoms with Crippen LogP contribution in [0.1, 0.15) is 46.6 Å². The minimum absolute atomic E-state index is 0.0213. The molecule has 1 N–H and O–H groups in total. The number of anilines is 1. The third kappa shape index (κ3) is 5.22. The Morgan fingerprint density at radius 1 is 1.24 bits per heavy atom. The summed E-state index contributed by atoms with van der Waals surface area (Å²) in [6, 6.07) is 8.44. The first-order valence-corrected chi connectivity index (χ1v) is 6.44. The van der Waals surface area contributed by atoms with Gasteiger partial charge in [0.1, 0.15) is 6.23 Å². The van der Waals surface area contributed by atoms with Crippen molar-refractivity contribution in [1.29, 1.82) is 0 Å². The van der Waals surface area contributed by atoms with E-state index in [1.165, 1.54) is 11.3 Å². The zero-order valence-corrected chi connectivity index (χ0v) is 11.7. The van der Waals surface area contributed by atoms with Gasteiger partial charge in [-0.3, -0.25) is 0 Å². The Kier molecular flexibility index (Phi) is 5.01. The van der Waals surface area contributed by atoms with Gasteiger partial charge in [-0.05, 0) is 45.7 Å². The lowest BCUT2D eigenvalue weighted by atomic mass is 10.1. The van der Waals surface area contributed by atoms with E-state index < -0.39 is 0 Å². The monoisotopic (exact) mass is 235 g/mol. The maximum atomic E-state index is 5.86. The number of hydrogen-bond acceptors (Lipinski definition) is 2. The van der Waals surface area contributed by atoms with Crippen molar-refractivity contribution in [2.75, 3.05) is 5.32 Å². The summed E-state index contributed by atoms with van der Waals surface area (Å²) in [5.74, 6) is 0.